The summed E-state index contributed by atoms with van der Waals surface area (Å²) in [5.74, 6) is 0. The lowest BCUT2D eigenvalue weighted by atomic mass is 9.96. The van der Waals surface area contributed by atoms with Crippen LogP contribution in [0.5, 0.6) is 0 Å². The maximum Gasteiger partial charge on any atom is 0.401 e. The first-order valence-corrected chi connectivity index (χ1v) is 5.32. The van der Waals surface area contributed by atoms with Crippen LogP contribution in [0.2, 0.25) is 0 Å². The maximum atomic E-state index is 12.1. The fourth-order valence-electron chi connectivity index (χ4n) is 1.87. The summed E-state index contributed by atoms with van der Waals surface area (Å²) in [5.41, 5.74) is 2.48. The first-order chi connectivity index (χ1) is 7.85. The minimum atomic E-state index is -4.27. The Morgan fingerprint density at radius 1 is 1.24 bits per heavy atom. The third-order valence-electron chi connectivity index (χ3n) is 2.62. The van der Waals surface area contributed by atoms with Crippen molar-refractivity contribution < 1.29 is 18.3 Å². The van der Waals surface area contributed by atoms with E-state index in [4.69, 9.17) is 0 Å². The largest absolute Gasteiger partial charge is 0.401 e. The van der Waals surface area contributed by atoms with Crippen LogP contribution >= 0.6 is 0 Å². The second kappa shape index (κ2) is 5.51. The summed E-state index contributed by atoms with van der Waals surface area (Å²) in [6.07, 6.45) is -4.27. The minimum absolute atomic E-state index is 0.359. The van der Waals surface area contributed by atoms with E-state index in [9.17, 15) is 18.3 Å². The number of nitrogens with one attached hydrogen (secondary N) is 1. The van der Waals surface area contributed by atoms with Crippen LogP contribution in [0.15, 0.2) is 18.2 Å². The average molecular weight is 247 g/mol. The van der Waals surface area contributed by atoms with Gasteiger partial charge in [-0.15, -0.1) is 0 Å². The second-order valence-electron chi connectivity index (χ2n) is 4.04. The molecule has 1 atom stereocenters. The molecule has 0 saturated carbocycles. The highest BCUT2D eigenvalue weighted by Gasteiger charge is 2.28. The van der Waals surface area contributed by atoms with Crippen molar-refractivity contribution in [1.82, 2.24) is 5.32 Å². The zero-order chi connectivity index (χ0) is 13.1. The van der Waals surface area contributed by atoms with E-state index in [1.165, 1.54) is 0 Å². The van der Waals surface area contributed by atoms with Crippen LogP contribution in [0.4, 0.5) is 13.2 Å². The zero-order valence-corrected chi connectivity index (χ0v) is 9.80. The number of halogens is 3. The normalized spacial score (nSPS) is 13.8. The van der Waals surface area contributed by atoms with E-state index < -0.39 is 18.8 Å². The van der Waals surface area contributed by atoms with Crippen LogP contribution in [-0.2, 0) is 0 Å². The van der Waals surface area contributed by atoms with E-state index in [-0.39, 0.29) is 6.61 Å². The van der Waals surface area contributed by atoms with Crippen LogP contribution in [0, 0.1) is 13.8 Å². The van der Waals surface area contributed by atoms with Gasteiger partial charge in [0.05, 0.1) is 19.2 Å². The molecule has 0 aliphatic heterocycles. The van der Waals surface area contributed by atoms with Crippen LogP contribution in [0.1, 0.15) is 22.7 Å². The van der Waals surface area contributed by atoms with Crippen molar-refractivity contribution in [3.63, 3.8) is 0 Å². The fourth-order valence-corrected chi connectivity index (χ4v) is 1.87. The van der Waals surface area contributed by atoms with E-state index in [1.807, 2.05) is 32.0 Å². The van der Waals surface area contributed by atoms with Crippen molar-refractivity contribution in [2.24, 2.45) is 0 Å². The summed E-state index contributed by atoms with van der Waals surface area (Å²) < 4.78 is 36.4. The summed E-state index contributed by atoms with van der Waals surface area (Å²) in [6.45, 7) is 2.17. The number of rotatable bonds is 4. The molecule has 1 aromatic carbocycles. The van der Waals surface area contributed by atoms with Gasteiger partial charge in [0.2, 0.25) is 0 Å². The van der Waals surface area contributed by atoms with Crippen LogP contribution in [0.25, 0.3) is 0 Å². The molecule has 0 spiro atoms. The lowest BCUT2D eigenvalue weighted by Gasteiger charge is -2.21. The van der Waals surface area contributed by atoms with Gasteiger partial charge in [-0.05, 0) is 30.5 Å². The van der Waals surface area contributed by atoms with Crippen LogP contribution in [-0.4, -0.2) is 24.4 Å². The van der Waals surface area contributed by atoms with E-state index in [0.717, 1.165) is 16.7 Å². The molecule has 2 nitrogen and oxygen atoms in total. The second-order valence-corrected chi connectivity index (χ2v) is 4.04. The van der Waals surface area contributed by atoms with Crippen molar-refractivity contribution in [3.05, 3.63) is 34.9 Å². The Labute approximate surface area is 98.5 Å². The molecule has 1 aromatic rings. The predicted molar refractivity (Wildman–Crippen MR) is 59.8 cm³/mol. The zero-order valence-electron chi connectivity index (χ0n) is 9.80. The highest BCUT2D eigenvalue weighted by atomic mass is 19.4. The van der Waals surface area contributed by atoms with Crippen molar-refractivity contribution >= 4 is 0 Å². The molecule has 0 saturated heterocycles. The highest BCUT2D eigenvalue weighted by Crippen LogP contribution is 2.23. The Bertz CT molecular complexity index is 356. The smallest absolute Gasteiger partial charge is 0.394 e. The SMILES string of the molecule is Cc1cccc(C)c1C(CO)NCC(F)(F)F. The third kappa shape index (κ3) is 4.02. The van der Waals surface area contributed by atoms with Crippen molar-refractivity contribution in [1.29, 1.82) is 0 Å². The molecule has 17 heavy (non-hydrogen) atoms. The number of hydrogen-bond acceptors (Lipinski definition) is 2. The fraction of sp³-hybridized carbons (Fsp3) is 0.500. The molecule has 0 heterocycles. The Morgan fingerprint density at radius 3 is 2.18 bits per heavy atom. The summed E-state index contributed by atoms with van der Waals surface area (Å²) in [5, 5.41) is 11.5. The number of benzene rings is 1. The van der Waals surface area contributed by atoms with Gasteiger partial charge >= 0.3 is 6.18 Å². The van der Waals surface area contributed by atoms with Gasteiger partial charge in [0.1, 0.15) is 0 Å². The van der Waals surface area contributed by atoms with Gasteiger partial charge in [0, 0.05) is 0 Å². The first kappa shape index (κ1) is 14.0. The summed E-state index contributed by atoms with van der Waals surface area (Å²) in [7, 11) is 0. The molecule has 0 aliphatic carbocycles. The molecule has 0 fully saturated rings. The molecule has 2 N–H and O–H groups in total. The minimum Gasteiger partial charge on any atom is -0.394 e. The maximum absolute atomic E-state index is 12.1. The van der Waals surface area contributed by atoms with E-state index >= 15 is 0 Å². The van der Waals surface area contributed by atoms with Gasteiger partial charge in [-0.3, -0.25) is 5.32 Å². The molecule has 96 valence electrons. The highest BCUT2D eigenvalue weighted by molar-refractivity contribution is 5.36. The number of aliphatic hydroxyl groups excluding tert-OH is 1. The molecule has 1 unspecified atom stereocenters. The van der Waals surface area contributed by atoms with Crippen molar-refractivity contribution in [3.8, 4) is 0 Å². The Balaban J connectivity index is 2.87. The Kier molecular flexibility index (Phi) is 4.54. The third-order valence-corrected chi connectivity index (χ3v) is 2.62. The topological polar surface area (TPSA) is 32.3 Å². The van der Waals surface area contributed by atoms with E-state index in [0.29, 0.717) is 0 Å². The van der Waals surface area contributed by atoms with Crippen LogP contribution < -0.4 is 5.32 Å². The van der Waals surface area contributed by atoms with Crippen molar-refractivity contribution in [2.75, 3.05) is 13.2 Å². The molecule has 1 rings (SSSR count). The summed E-state index contributed by atoms with van der Waals surface area (Å²) in [6, 6.07) is 4.80. The van der Waals surface area contributed by atoms with Crippen LogP contribution in [0.3, 0.4) is 0 Å². The van der Waals surface area contributed by atoms with Gasteiger partial charge in [-0.1, -0.05) is 18.2 Å². The molecule has 5 heteroatoms. The number of hydrogen-bond donors (Lipinski definition) is 2. The molecule has 0 amide bonds. The quantitative estimate of drug-likeness (QED) is 0.856. The first-order valence-electron chi connectivity index (χ1n) is 5.32. The standard InChI is InChI=1S/C12H16F3NO/c1-8-4-3-5-9(2)11(8)10(6-17)16-7-12(13,14)15/h3-5,10,16-17H,6-7H2,1-2H3. The summed E-state index contributed by atoms with van der Waals surface area (Å²) >= 11 is 0. The Morgan fingerprint density at radius 2 is 1.76 bits per heavy atom. The van der Waals surface area contributed by atoms with Gasteiger partial charge < -0.3 is 5.11 Å². The molecule has 0 radical (unpaired) electrons. The summed E-state index contributed by atoms with van der Waals surface area (Å²) in [4.78, 5) is 0. The van der Waals surface area contributed by atoms with Gasteiger partial charge in [-0.2, -0.15) is 13.2 Å². The van der Waals surface area contributed by atoms with E-state index in [2.05, 4.69) is 5.32 Å². The lowest BCUT2D eigenvalue weighted by Crippen LogP contribution is -2.34. The average Bonchev–Trinajstić information content (AvgIpc) is 2.21. The van der Waals surface area contributed by atoms with Gasteiger partial charge in [0.15, 0.2) is 0 Å². The van der Waals surface area contributed by atoms with Gasteiger partial charge in [0.25, 0.3) is 0 Å². The Hall–Kier alpha value is -1.07. The number of aliphatic hydroxyl groups is 1. The van der Waals surface area contributed by atoms with E-state index in [1.54, 1.807) is 0 Å². The lowest BCUT2D eigenvalue weighted by molar-refractivity contribution is -0.126. The number of aryl methyl sites for hydroxylation is 2. The number of alkyl halides is 3. The van der Waals surface area contributed by atoms with Crippen molar-refractivity contribution in [2.45, 2.75) is 26.1 Å². The monoisotopic (exact) mass is 247 g/mol. The van der Waals surface area contributed by atoms with Gasteiger partial charge in [-0.25, -0.2) is 0 Å². The molecular formula is C12H16F3NO. The molecular weight excluding hydrogens is 231 g/mol. The molecule has 0 aliphatic rings. The predicted octanol–water partition coefficient (Wildman–Crippen LogP) is 2.49. The molecule has 0 bridgehead atoms. The molecule has 0 aromatic heterocycles.